The topological polar surface area (TPSA) is 37.4 Å². The summed E-state index contributed by atoms with van der Waals surface area (Å²) in [6.45, 7) is 6.73. The second-order valence-electron chi connectivity index (χ2n) is 7.56. The maximum absolute atomic E-state index is 13.3. The molecule has 3 nitrogen and oxygen atoms in total. The molecule has 1 aliphatic rings. The van der Waals surface area contributed by atoms with Crippen molar-refractivity contribution in [2.24, 2.45) is 0 Å². The molecule has 29 heavy (non-hydrogen) atoms. The highest BCUT2D eigenvalue weighted by molar-refractivity contribution is 7.89. The molecule has 2 aromatic rings. The molecule has 0 unspecified atom stereocenters. The third-order valence-electron chi connectivity index (χ3n) is 5.22. The molecule has 0 amide bonds. The van der Waals surface area contributed by atoms with E-state index in [9.17, 15) is 8.42 Å². The fraction of sp³-hybridized carbons (Fsp3) is 0.280. The van der Waals surface area contributed by atoms with Gasteiger partial charge in [-0.25, -0.2) is 8.42 Å². The molecule has 2 aromatic carbocycles. The Kier molecular flexibility index (Phi) is 6.74. The van der Waals surface area contributed by atoms with Crippen LogP contribution in [-0.2, 0) is 10.0 Å². The number of hydrogen-bond donors (Lipinski definition) is 0. The quantitative estimate of drug-likeness (QED) is 0.513. The van der Waals surface area contributed by atoms with Gasteiger partial charge in [-0.05, 0) is 57.9 Å². The van der Waals surface area contributed by atoms with Gasteiger partial charge in [0.05, 0.1) is 11.4 Å². The van der Waals surface area contributed by atoms with Gasteiger partial charge in [-0.15, -0.1) is 0 Å². The number of allylic oxidation sites excluding steroid dienone is 3. The first-order valence-corrected chi connectivity index (χ1v) is 11.2. The van der Waals surface area contributed by atoms with Crippen molar-refractivity contribution in [1.29, 1.82) is 0 Å². The van der Waals surface area contributed by atoms with E-state index in [0.717, 1.165) is 29.5 Å². The van der Waals surface area contributed by atoms with Crippen LogP contribution in [0, 0.1) is 18.8 Å². The Morgan fingerprint density at radius 2 is 1.62 bits per heavy atom. The van der Waals surface area contributed by atoms with E-state index < -0.39 is 10.0 Å². The Morgan fingerprint density at radius 3 is 2.28 bits per heavy atom. The first-order chi connectivity index (χ1) is 13.9. The summed E-state index contributed by atoms with van der Waals surface area (Å²) in [6, 6.07) is 16.6. The summed E-state index contributed by atoms with van der Waals surface area (Å²) in [5.41, 5.74) is 5.73. The second-order valence-corrected chi connectivity index (χ2v) is 9.50. The molecule has 3 rings (SSSR count). The van der Waals surface area contributed by atoms with Crippen LogP contribution in [0.3, 0.4) is 0 Å². The van der Waals surface area contributed by atoms with Crippen molar-refractivity contribution in [3.63, 3.8) is 0 Å². The molecule has 0 saturated carbocycles. The van der Waals surface area contributed by atoms with Crippen molar-refractivity contribution in [2.45, 2.75) is 38.5 Å². The van der Waals surface area contributed by atoms with E-state index >= 15 is 0 Å². The molecule has 0 bridgehead atoms. The van der Waals surface area contributed by atoms with E-state index in [2.05, 4.69) is 31.8 Å². The summed E-state index contributed by atoms with van der Waals surface area (Å²) in [7, 11) is -3.63. The molecular formula is C25H27NO2S. The minimum absolute atomic E-state index is 0.157. The number of nitrogens with zero attached hydrogens (tertiary/aromatic N) is 1. The zero-order valence-corrected chi connectivity index (χ0v) is 18.1. The maximum atomic E-state index is 13.3. The maximum Gasteiger partial charge on any atom is 0.244 e. The second kappa shape index (κ2) is 9.26. The molecule has 150 valence electrons. The number of sulfonamides is 1. The van der Waals surface area contributed by atoms with E-state index in [-0.39, 0.29) is 6.54 Å². The van der Waals surface area contributed by atoms with Gasteiger partial charge >= 0.3 is 0 Å². The molecule has 0 fully saturated rings. The van der Waals surface area contributed by atoms with Crippen LogP contribution in [0.15, 0.2) is 82.3 Å². The van der Waals surface area contributed by atoms with E-state index in [4.69, 9.17) is 0 Å². The summed E-state index contributed by atoms with van der Waals surface area (Å²) in [5, 5.41) is 0. The molecule has 0 N–H and O–H groups in total. The predicted molar refractivity (Wildman–Crippen MR) is 119 cm³/mol. The minimum atomic E-state index is -3.63. The molecule has 0 saturated heterocycles. The van der Waals surface area contributed by atoms with Crippen molar-refractivity contribution < 1.29 is 8.42 Å². The van der Waals surface area contributed by atoms with E-state index in [1.807, 2.05) is 49.4 Å². The van der Waals surface area contributed by atoms with Gasteiger partial charge in [0.2, 0.25) is 10.0 Å². The van der Waals surface area contributed by atoms with Gasteiger partial charge in [0.1, 0.15) is 0 Å². The zero-order chi connectivity index (χ0) is 20.9. The van der Waals surface area contributed by atoms with Crippen LogP contribution in [0.2, 0.25) is 0 Å². The molecule has 0 heterocycles. The van der Waals surface area contributed by atoms with Gasteiger partial charge in [-0.2, -0.15) is 4.31 Å². The van der Waals surface area contributed by atoms with Crippen LogP contribution in [0.4, 0.5) is 0 Å². The van der Waals surface area contributed by atoms with Gasteiger partial charge in [0.15, 0.2) is 0 Å². The van der Waals surface area contributed by atoms with E-state index in [1.165, 1.54) is 15.5 Å². The average molecular weight is 406 g/mol. The van der Waals surface area contributed by atoms with Crippen molar-refractivity contribution in [3.05, 3.63) is 88.5 Å². The Labute approximate surface area is 174 Å². The van der Waals surface area contributed by atoms with Crippen molar-refractivity contribution in [3.8, 4) is 11.8 Å². The van der Waals surface area contributed by atoms with Gasteiger partial charge in [-0.1, -0.05) is 70.5 Å². The van der Waals surface area contributed by atoms with Crippen LogP contribution in [0.1, 0.15) is 37.8 Å². The van der Waals surface area contributed by atoms with Gasteiger partial charge in [0, 0.05) is 12.1 Å². The number of hydrogen-bond acceptors (Lipinski definition) is 2. The summed E-state index contributed by atoms with van der Waals surface area (Å²) >= 11 is 0. The third kappa shape index (κ3) is 5.47. The van der Waals surface area contributed by atoms with Crippen LogP contribution in [0.25, 0.3) is 0 Å². The summed E-state index contributed by atoms with van der Waals surface area (Å²) in [6.07, 6.45) is 3.86. The minimum Gasteiger partial charge on any atom is -0.207 e. The summed E-state index contributed by atoms with van der Waals surface area (Å²) in [5.74, 6) is 6.13. The predicted octanol–water partition coefficient (Wildman–Crippen LogP) is 5.09. The largest absolute Gasteiger partial charge is 0.244 e. The molecule has 0 atom stereocenters. The molecule has 0 aliphatic heterocycles. The Hall–Kier alpha value is -2.61. The van der Waals surface area contributed by atoms with Crippen molar-refractivity contribution >= 4 is 10.0 Å². The fourth-order valence-corrected chi connectivity index (χ4v) is 4.57. The summed E-state index contributed by atoms with van der Waals surface area (Å²) < 4.78 is 28.1. The molecule has 0 aromatic heterocycles. The first kappa shape index (κ1) is 21.1. The highest BCUT2D eigenvalue weighted by atomic mass is 32.2. The summed E-state index contributed by atoms with van der Waals surface area (Å²) in [4.78, 5) is 0.310. The Morgan fingerprint density at radius 1 is 0.931 bits per heavy atom. The molecule has 4 heteroatoms. The van der Waals surface area contributed by atoms with E-state index in [1.54, 1.807) is 12.1 Å². The third-order valence-corrected chi connectivity index (χ3v) is 7.02. The molecule has 0 spiro atoms. The Bertz CT molecular complexity index is 1080. The number of benzene rings is 2. The van der Waals surface area contributed by atoms with Crippen LogP contribution in [0.5, 0.6) is 0 Å². The van der Waals surface area contributed by atoms with E-state index in [0.29, 0.717) is 11.4 Å². The standard InChI is InChI=1S/C25H27NO2S/c1-20-11-15-25(16-12-20)29(27,28)26(17-7-10-23-8-5-4-6-9-23)19-24-14-13-21(2)22(3)18-24/h4-6,8-9,11-12,14-16H,13,17-19H2,1-3H3. The Balaban J connectivity index is 1.87. The lowest BCUT2D eigenvalue weighted by atomic mass is 9.93. The lowest BCUT2D eigenvalue weighted by Crippen LogP contribution is -2.33. The average Bonchev–Trinajstić information content (AvgIpc) is 2.71. The molecule has 0 radical (unpaired) electrons. The van der Waals surface area contributed by atoms with Gasteiger partial charge < -0.3 is 0 Å². The van der Waals surface area contributed by atoms with Crippen LogP contribution < -0.4 is 0 Å². The van der Waals surface area contributed by atoms with Gasteiger partial charge in [-0.3, -0.25) is 0 Å². The normalized spacial score (nSPS) is 14.4. The number of aryl methyl sites for hydroxylation is 1. The fourth-order valence-electron chi connectivity index (χ4n) is 3.22. The SMILES string of the molecule is CC1=C(C)CC(CN(CC#Cc2ccccc2)S(=O)(=O)c2ccc(C)cc2)=CC1. The lowest BCUT2D eigenvalue weighted by Gasteiger charge is -2.24. The highest BCUT2D eigenvalue weighted by Gasteiger charge is 2.25. The smallest absolute Gasteiger partial charge is 0.207 e. The first-order valence-electron chi connectivity index (χ1n) is 9.80. The van der Waals surface area contributed by atoms with Crippen LogP contribution in [-0.4, -0.2) is 25.8 Å². The zero-order valence-electron chi connectivity index (χ0n) is 17.3. The van der Waals surface area contributed by atoms with Crippen molar-refractivity contribution in [2.75, 3.05) is 13.1 Å². The highest BCUT2D eigenvalue weighted by Crippen LogP contribution is 2.26. The monoisotopic (exact) mass is 405 g/mol. The molecular weight excluding hydrogens is 378 g/mol. The lowest BCUT2D eigenvalue weighted by molar-refractivity contribution is 0.467. The molecule has 1 aliphatic carbocycles. The van der Waals surface area contributed by atoms with Crippen LogP contribution >= 0.6 is 0 Å². The number of rotatable bonds is 5. The van der Waals surface area contributed by atoms with Gasteiger partial charge in [0.25, 0.3) is 0 Å². The van der Waals surface area contributed by atoms with Crippen molar-refractivity contribution in [1.82, 2.24) is 4.31 Å².